The van der Waals surface area contributed by atoms with Gasteiger partial charge in [-0.3, -0.25) is 9.80 Å². The van der Waals surface area contributed by atoms with E-state index in [1.807, 2.05) is 0 Å². The molecule has 0 aromatic heterocycles. The Morgan fingerprint density at radius 2 is 2.04 bits per heavy atom. The molecule has 1 N–H and O–H groups in total. The summed E-state index contributed by atoms with van der Waals surface area (Å²) in [5, 5.41) is 3.50. The number of morpholine rings is 1. The molecule has 0 radical (unpaired) electrons. The molecule has 1 fully saturated rings. The van der Waals surface area contributed by atoms with E-state index in [0.29, 0.717) is 46.6 Å². The minimum Gasteiger partial charge on any atom is -0.463 e. The van der Waals surface area contributed by atoms with E-state index in [-0.39, 0.29) is 12.6 Å². The lowest BCUT2D eigenvalue weighted by atomic mass is 9.94. The number of rotatable bonds is 5. The highest BCUT2D eigenvalue weighted by atomic mass is 35.5. The average molecular weight is 428 g/mol. The van der Waals surface area contributed by atoms with Crippen LogP contribution in [-0.2, 0) is 14.3 Å². The monoisotopic (exact) mass is 427 g/mol. The molecule has 152 valence electrons. The molecule has 2 heterocycles. The van der Waals surface area contributed by atoms with Crippen molar-refractivity contribution in [2.75, 3.05) is 46.5 Å². The van der Waals surface area contributed by atoms with E-state index in [2.05, 4.69) is 10.2 Å². The van der Waals surface area contributed by atoms with Gasteiger partial charge in [-0.1, -0.05) is 35.3 Å². The molecule has 1 aromatic rings. The summed E-state index contributed by atoms with van der Waals surface area (Å²) in [5.41, 5.74) is 1.50. The summed E-state index contributed by atoms with van der Waals surface area (Å²) in [6.45, 7) is 5.06. The average Bonchev–Trinajstić information content (AvgIpc) is 2.68. The molecule has 0 saturated carbocycles. The number of nitrogens with zero attached hydrogens (tertiary/aromatic N) is 2. The maximum absolute atomic E-state index is 12.9. The van der Waals surface area contributed by atoms with Crippen LogP contribution in [0.1, 0.15) is 18.5 Å². The fourth-order valence-corrected chi connectivity index (χ4v) is 3.76. The molecule has 1 saturated heterocycles. The summed E-state index contributed by atoms with van der Waals surface area (Å²) >= 11 is 12.6. The number of nitrogens with one attached hydrogen (secondary N) is 1. The third-order valence-electron chi connectivity index (χ3n) is 4.84. The van der Waals surface area contributed by atoms with Crippen LogP contribution in [0.2, 0.25) is 10.0 Å². The Labute approximate surface area is 174 Å². The standard InChI is InChI=1S/C19H23Cl2N3O4/c1-3-28-18(25)15-14(11-24-7-9-27-10-8-24)23(2)19(26)22-17(15)12-5-4-6-13(20)16(12)21/h4-6,17H,3,7-11H2,1-2H3,(H,22,26)/t17-/m1/s1. The van der Waals surface area contributed by atoms with Gasteiger partial charge >= 0.3 is 12.0 Å². The van der Waals surface area contributed by atoms with Gasteiger partial charge in [-0.25, -0.2) is 9.59 Å². The fraction of sp³-hybridized carbons (Fsp3) is 0.474. The SMILES string of the molecule is CCOC(=O)C1=C(CN2CCOCC2)N(C)C(=O)N[C@@H]1c1cccc(Cl)c1Cl. The summed E-state index contributed by atoms with van der Waals surface area (Å²) in [6, 6.07) is 4.07. The Bertz CT molecular complexity index is 793. The first-order valence-corrected chi connectivity index (χ1v) is 9.88. The van der Waals surface area contributed by atoms with Gasteiger partial charge in [-0.05, 0) is 18.6 Å². The third-order valence-corrected chi connectivity index (χ3v) is 5.68. The zero-order valence-corrected chi connectivity index (χ0v) is 17.3. The Kier molecular flexibility index (Phi) is 6.82. The lowest BCUT2D eigenvalue weighted by molar-refractivity contribution is -0.139. The van der Waals surface area contributed by atoms with Crippen LogP contribution < -0.4 is 5.32 Å². The summed E-state index contributed by atoms with van der Waals surface area (Å²) in [4.78, 5) is 29.2. The van der Waals surface area contributed by atoms with Crippen LogP contribution in [0.25, 0.3) is 0 Å². The van der Waals surface area contributed by atoms with Gasteiger partial charge in [0.1, 0.15) is 0 Å². The highest BCUT2D eigenvalue weighted by molar-refractivity contribution is 6.42. The molecule has 0 unspecified atom stereocenters. The fourth-order valence-electron chi connectivity index (χ4n) is 3.35. The first-order valence-electron chi connectivity index (χ1n) is 9.12. The van der Waals surface area contributed by atoms with Crippen molar-refractivity contribution in [3.63, 3.8) is 0 Å². The predicted octanol–water partition coefficient (Wildman–Crippen LogP) is 2.84. The van der Waals surface area contributed by atoms with Crippen molar-refractivity contribution in [2.24, 2.45) is 0 Å². The number of esters is 1. The summed E-state index contributed by atoms with van der Waals surface area (Å²) in [5.74, 6) is -0.487. The van der Waals surface area contributed by atoms with E-state index in [1.54, 1.807) is 32.2 Å². The van der Waals surface area contributed by atoms with Gasteiger partial charge in [0.05, 0.1) is 41.5 Å². The van der Waals surface area contributed by atoms with E-state index in [4.69, 9.17) is 32.7 Å². The number of halogens is 2. The minimum absolute atomic E-state index is 0.223. The number of hydrogen-bond donors (Lipinski definition) is 1. The summed E-state index contributed by atoms with van der Waals surface area (Å²) < 4.78 is 10.7. The molecule has 0 aliphatic carbocycles. The molecular formula is C19H23Cl2N3O4. The summed E-state index contributed by atoms with van der Waals surface area (Å²) in [6.07, 6.45) is 0. The molecule has 2 aliphatic rings. The Hall–Kier alpha value is -1.80. The zero-order valence-electron chi connectivity index (χ0n) is 15.8. The maximum Gasteiger partial charge on any atom is 0.338 e. The molecule has 0 spiro atoms. The van der Waals surface area contributed by atoms with Crippen molar-refractivity contribution in [2.45, 2.75) is 13.0 Å². The molecule has 7 nitrogen and oxygen atoms in total. The number of likely N-dealkylation sites (N-methyl/N-ethyl adjacent to an activating group) is 1. The van der Waals surface area contributed by atoms with Crippen LogP contribution in [0.4, 0.5) is 4.79 Å². The van der Waals surface area contributed by atoms with Crippen molar-refractivity contribution >= 4 is 35.2 Å². The van der Waals surface area contributed by atoms with E-state index >= 15 is 0 Å². The van der Waals surface area contributed by atoms with Crippen LogP contribution in [0, 0.1) is 0 Å². The number of urea groups is 1. The molecule has 3 rings (SSSR count). The second kappa shape index (κ2) is 9.13. The van der Waals surface area contributed by atoms with E-state index < -0.39 is 12.0 Å². The van der Waals surface area contributed by atoms with Crippen LogP contribution >= 0.6 is 23.2 Å². The number of carbonyl (C=O) groups is 2. The van der Waals surface area contributed by atoms with Gasteiger partial charge in [0, 0.05) is 32.4 Å². The van der Waals surface area contributed by atoms with Crippen molar-refractivity contribution in [3.8, 4) is 0 Å². The predicted molar refractivity (Wildman–Crippen MR) is 106 cm³/mol. The number of hydrogen-bond acceptors (Lipinski definition) is 5. The van der Waals surface area contributed by atoms with E-state index in [0.717, 1.165) is 13.1 Å². The lowest BCUT2D eigenvalue weighted by Gasteiger charge is -2.37. The maximum atomic E-state index is 12.9. The normalized spacial score (nSPS) is 20.9. The number of carbonyl (C=O) groups excluding carboxylic acids is 2. The molecule has 2 amide bonds. The van der Waals surface area contributed by atoms with E-state index in [1.165, 1.54) is 4.90 Å². The molecule has 9 heteroatoms. The highest BCUT2D eigenvalue weighted by Crippen LogP contribution is 2.37. The van der Waals surface area contributed by atoms with Gasteiger partial charge in [0.15, 0.2) is 0 Å². The first-order chi connectivity index (χ1) is 13.4. The lowest BCUT2D eigenvalue weighted by Crippen LogP contribution is -2.50. The van der Waals surface area contributed by atoms with Gasteiger partial charge in [0.25, 0.3) is 0 Å². The minimum atomic E-state index is -0.745. The van der Waals surface area contributed by atoms with Crippen molar-refractivity contribution < 1.29 is 19.1 Å². The highest BCUT2D eigenvalue weighted by Gasteiger charge is 2.38. The molecular weight excluding hydrogens is 405 g/mol. The quantitative estimate of drug-likeness (QED) is 0.731. The van der Waals surface area contributed by atoms with Gasteiger partial charge < -0.3 is 14.8 Å². The molecule has 1 atom stereocenters. The number of benzene rings is 1. The van der Waals surface area contributed by atoms with Crippen molar-refractivity contribution in [3.05, 3.63) is 45.1 Å². The molecule has 2 aliphatic heterocycles. The summed E-state index contributed by atoms with van der Waals surface area (Å²) in [7, 11) is 1.64. The van der Waals surface area contributed by atoms with Crippen molar-refractivity contribution in [1.29, 1.82) is 0 Å². The third kappa shape index (κ3) is 4.27. The molecule has 0 bridgehead atoms. The Balaban J connectivity index is 2.09. The Morgan fingerprint density at radius 1 is 1.32 bits per heavy atom. The topological polar surface area (TPSA) is 71.1 Å². The van der Waals surface area contributed by atoms with E-state index in [9.17, 15) is 9.59 Å². The van der Waals surface area contributed by atoms with Crippen LogP contribution in [-0.4, -0.2) is 68.3 Å². The van der Waals surface area contributed by atoms with Gasteiger partial charge in [-0.15, -0.1) is 0 Å². The van der Waals surface area contributed by atoms with Gasteiger partial charge in [-0.2, -0.15) is 0 Å². The van der Waals surface area contributed by atoms with Crippen LogP contribution in [0.3, 0.4) is 0 Å². The molecule has 1 aromatic carbocycles. The van der Waals surface area contributed by atoms with Crippen LogP contribution in [0.5, 0.6) is 0 Å². The van der Waals surface area contributed by atoms with Crippen LogP contribution in [0.15, 0.2) is 29.5 Å². The smallest absolute Gasteiger partial charge is 0.338 e. The second-order valence-electron chi connectivity index (χ2n) is 6.55. The molecule has 28 heavy (non-hydrogen) atoms. The largest absolute Gasteiger partial charge is 0.463 e. The van der Waals surface area contributed by atoms with Gasteiger partial charge in [0.2, 0.25) is 0 Å². The second-order valence-corrected chi connectivity index (χ2v) is 7.34. The van der Waals surface area contributed by atoms with Crippen molar-refractivity contribution in [1.82, 2.24) is 15.1 Å². The Morgan fingerprint density at radius 3 is 2.71 bits per heavy atom. The number of amides is 2. The zero-order chi connectivity index (χ0) is 20.3. The number of ether oxygens (including phenoxy) is 2. The first kappa shape index (κ1) is 20.9.